The largest absolute Gasteiger partial charge is 0.469 e. The van der Waals surface area contributed by atoms with Gasteiger partial charge in [0.25, 0.3) is 0 Å². The van der Waals surface area contributed by atoms with Crippen LogP contribution < -0.4 is 5.32 Å². The molecular formula is C15H21NO. The molecule has 0 bridgehead atoms. The van der Waals surface area contributed by atoms with E-state index < -0.39 is 0 Å². The first-order valence-corrected chi connectivity index (χ1v) is 6.90. The molecule has 2 heterocycles. The first-order valence-electron chi connectivity index (χ1n) is 6.90. The van der Waals surface area contributed by atoms with Gasteiger partial charge >= 0.3 is 0 Å². The molecular weight excluding hydrogens is 210 g/mol. The number of aryl methyl sites for hydroxylation is 1. The standard InChI is InChI=1S/C15H21NO/c1-2-6-14-12(4-1)9-10-16-15(14)8-7-13-5-3-11-17-13/h3,5,11,15-16H,1-2,4,6-10H2. The van der Waals surface area contributed by atoms with Crippen LogP contribution >= 0.6 is 0 Å². The summed E-state index contributed by atoms with van der Waals surface area (Å²) in [4.78, 5) is 0. The van der Waals surface area contributed by atoms with E-state index in [1.165, 1.54) is 45.1 Å². The minimum Gasteiger partial charge on any atom is -0.469 e. The average molecular weight is 231 g/mol. The third kappa shape index (κ3) is 2.47. The molecule has 0 saturated heterocycles. The van der Waals surface area contributed by atoms with Crippen LogP contribution in [0.1, 0.15) is 44.3 Å². The lowest BCUT2D eigenvalue weighted by atomic mass is 9.82. The fourth-order valence-electron chi connectivity index (χ4n) is 3.24. The topological polar surface area (TPSA) is 25.2 Å². The van der Waals surface area contributed by atoms with Crippen molar-refractivity contribution in [2.24, 2.45) is 0 Å². The summed E-state index contributed by atoms with van der Waals surface area (Å²) in [5.74, 6) is 1.12. The highest BCUT2D eigenvalue weighted by molar-refractivity contribution is 5.25. The van der Waals surface area contributed by atoms with E-state index in [0.29, 0.717) is 6.04 Å². The van der Waals surface area contributed by atoms with Gasteiger partial charge in [-0.3, -0.25) is 0 Å². The van der Waals surface area contributed by atoms with Gasteiger partial charge in [-0.05, 0) is 57.2 Å². The molecule has 2 nitrogen and oxygen atoms in total. The minimum absolute atomic E-state index is 0.615. The summed E-state index contributed by atoms with van der Waals surface area (Å²) in [5, 5.41) is 3.68. The first-order chi connectivity index (χ1) is 8.43. The first kappa shape index (κ1) is 11.1. The van der Waals surface area contributed by atoms with E-state index in [-0.39, 0.29) is 0 Å². The van der Waals surface area contributed by atoms with Gasteiger partial charge in [0.15, 0.2) is 0 Å². The fourth-order valence-corrected chi connectivity index (χ4v) is 3.24. The van der Waals surface area contributed by atoms with Gasteiger partial charge in [-0.25, -0.2) is 0 Å². The Bertz CT molecular complexity index is 387. The van der Waals surface area contributed by atoms with Gasteiger partial charge in [0.1, 0.15) is 5.76 Å². The predicted molar refractivity (Wildman–Crippen MR) is 68.9 cm³/mol. The summed E-state index contributed by atoms with van der Waals surface area (Å²) >= 11 is 0. The van der Waals surface area contributed by atoms with Gasteiger partial charge in [0.05, 0.1) is 6.26 Å². The number of furan rings is 1. The molecule has 2 heteroatoms. The maximum Gasteiger partial charge on any atom is 0.103 e. The molecule has 1 unspecified atom stereocenters. The van der Waals surface area contributed by atoms with E-state index in [9.17, 15) is 0 Å². The maximum absolute atomic E-state index is 5.42. The van der Waals surface area contributed by atoms with Gasteiger partial charge in [-0.2, -0.15) is 0 Å². The van der Waals surface area contributed by atoms with E-state index in [0.717, 1.165) is 12.2 Å². The molecule has 1 atom stereocenters. The van der Waals surface area contributed by atoms with Gasteiger partial charge in [-0.15, -0.1) is 0 Å². The van der Waals surface area contributed by atoms with E-state index in [1.807, 2.05) is 6.07 Å². The van der Waals surface area contributed by atoms with Crippen LogP contribution in [0.15, 0.2) is 34.0 Å². The monoisotopic (exact) mass is 231 g/mol. The lowest BCUT2D eigenvalue weighted by Gasteiger charge is -2.33. The number of hydrogen-bond donors (Lipinski definition) is 1. The van der Waals surface area contributed by atoms with Gasteiger partial charge in [-0.1, -0.05) is 11.1 Å². The molecule has 0 saturated carbocycles. The van der Waals surface area contributed by atoms with Crippen LogP contribution in [0.25, 0.3) is 0 Å². The molecule has 1 aromatic rings. The van der Waals surface area contributed by atoms with Crippen molar-refractivity contribution in [2.45, 2.75) is 51.0 Å². The highest BCUT2D eigenvalue weighted by Crippen LogP contribution is 2.32. The normalized spacial score (nSPS) is 24.8. The zero-order valence-electron chi connectivity index (χ0n) is 10.4. The van der Waals surface area contributed by atoms with Crippen LogP contribution in [-0.4, -0.2) is 12.6 Å². The Labute approximate surface area is 103 Å². The summed E-state index contributed by atoms with van der Waals surface area (Å²) in [6.45, 7) is 1.17. The summed E-state index contributed by atoms with van der Waals surface area (Å²) in [7, 11) is 0. The summed E-state index contributed by atoms with van der Waals surface area (Å²) in [6, 6.07) is 4.68. The van der Waals surface area contributed by atoms with E-state index in [4.69, 9.17) is 4.42 Å². The van der Waals surface area contributed by atoms with E-state index in [2.05, 4.69) is 11.4 Å². The lowest BCUT2D eigenvalue weighted by molar-refractivity contribution is 0.434. The molecule has 0 spiro atoms. The van der Waals surface area contributed by atoms with Crippen molar-refractivity contribution >= 4 is 0 Å². The Kier molecular flexibility index (Phi) is 3.32. The van der Waals surface area contributed by atoms with Crippen LogP contribution in [0.4, 0.5) is 0 Å². The Hall–Kier alpha value is -1.02. The number of rotatable bonds is 3. The zero-order valence-corrected chi connectivity index (χ0v) is 10.4. The predicted octanol–water partition coefficient (Wildman–Crippen LogP) is 3.44. The number of hydrogen-bond acceptors (Lipinski definition) is 2. The van der Waals surface area contributed by atoms with E-state index in [1.54, 1.807) is 17.4 Å². The SMILES string of the molecule is c1coc(CCC2NCCC3=C2CCCC3)c1. The summed E-state index contributed by atoms with van der Waals surface area (Å²) < 4.78 is 5.42. The second-order valence-corrected chi connectivity index (χ2v) is 5.21. The lowest BCUT2D eigenvalue weighted by Crippen LogP contribution is -2.37. The zero-order chi connectivity index (χ0) is 11.5. The van der Waals surface area contributed by atoms with Crippen molar-refractivity contribution in [3.05, 3.63) is 35.3 Å². The van der Waals surface area contributed by atoms with Gasteiger partial charge in [0.2, 0.25) is 0 Å². The Morgan fingerprint density at radius 2 is 2.18 bits per heavy atom. The van der Waals surface area contributed by atoms with Crippen LogP contribution in [0.5, 0.6) is 0 Å². The molecule has 17 heavy (non-hydrogen) atoms. The van der Waals surface area contributed by atoms with Crippen LogP contribution in [0.2, 0.25) is 0 Å². The molecule has 1 aromatic heterocycles. The smallest absolute Gasteiger partial charge is 0.103 e. The summed E-state index contributed by atoms with van der Waals surface area (Å²) in [5.41, 5.74) is 3.49. The Balaban J connectivity index is 1.66. The second-order valence-electron chi connectivity index (χ2n) is 5.21. The van der Waals surface area contributed by atoms with Crippen molar-refractivity contribution < 1.29 is 4.42 Å². The number of nitrogens with one attached hydrogen (secondary N) is 1. The van der Waals surface area contributed by atoms with E-state index >= 15 is 0 Å². The van der Waals surface area contributed by atoms with Crippen LogP contribution in [0.3, 0.4) is 0 Å². The third-order valence-electron chi connectivity index (χ3n) is 4.13. The van der Waals surface area contributed by atoms with Gasteiger partial charge < -0.3 is 9.73 Å². The molecule has 2 aliphatic rings. The highest BCUT2D eigenvalue weighted by Gasteiger charge is 2.24. The summed E-state index contributed by atoms with van der Waals surface area (Å²) in [6.07, 6.45) is 10.8. The Morgan fingerprint density at radius 1 is 1.24 bits per heavy atom. The van der Waals surface area contributed by atoms with Crippen molar-refractivity contribution in [1.82, 2.24) is 5.32 Å². The molecule has 3 rings (SSSR count). The minimum atomic E-state index is 0.615. The fraction of sp³-hybridized carbons (Fsp3) is 0.600. The molecule has 1 aliphatic heterocycles. The molecule has 1 N–H and O–H groups in total. The highest BCUT2D eigenvalue weighted by atomic mass is 16.3. The third-order valence-corrected chi connectivity index (χ3v) is 4.13. The van der Waals surface area contributed by atoms with Crippen molar-refractivity contribution in [3.8, 4) is 0 Å². The molecule has 92 valence electrons. The molecule has 0 amide bonds. The molecule has 1 aliphatic carbocycles. The second kappa shape index (κ2) is 5.09. The quantitative estimate of drug-likeness (QED) is 0.806. The molecule has 0 aromatic carbocycles. The van der Waals surface area contributed by atoms with Gasteiger partial charge in [0, 0.05) is 12.5 Å². The van der Waals surface area contributed by atoms with Crippen molar-refractivity contribution in [1.29, 1.82) is 0 Å². The Morgan fingerprint density at radius 3 is 3.06 bits per heavy atom. The van der Waals surface area contributed by atoms with Crippen molar-refractivity contribution in [2.75, 3.05) is 6.54 Å². The molecule has 0 fully saturated rings. The average Bonchev–Trinajstić information content (AvgIpc) is 2.89. The maximum atomic E-state index is 5.42. The molecule has 0 radical (unpaired) electrons. The van der Waals surface area contributed by atoms with Crippen molar-refractivity contribution in [3.63, 3.8) is 0 Å². The van der Waals surface area contributed by atoms with Crippen LogP contribution in [-0.2, 0) is 6.42 Å². The van der Waals surface area contributed by atoms with Crippen LogP contribution in [0, 0.1) is 0 Å².